The number of hydrogen-bond donors (Lipinski definition) is 1. The van der Waals surface area contributed by atoms with Gasteiger partial charge in [-0.2, -0.15) is 18.4 Å². The monoisotopic (exact) mass is 546 g/mol. The second-order valence-corrected chi connectivity index (χ2v) is 9.28. The molecule has 0 amide bonds. The van der Waals surface area contributed by atoms with E-state index in [0.29, 0.717) is 17.9 Å². The molecule has 0 saturated heterocycles. The summed E-state index contributed by atoms with van der Waals surface area (Å²) < 4.78 is 42.5. The van der Waals surface area contributed by atoms with Gasteiger partial charge in [-0.25, -0.2) is 4.79 Å². The number of carbonyl (C=O) groups excluding carboxylic acids is 1. The van der Waals surface area contributed by atoms with Crippen LogP contribution in [0.5, 0.6) is 0 Å². The van der Waals surface area contributed by atoms with Crippen LogP contribution in [0.4, 0.5) is 13.2 Å². The average molecular weight is 547 g/mol. The molecule has 1 N–H and O–H groups in total. The lowest BCUT2D eigenvalue weighted by Crippen LogP contribution is -2.28. The second kappa shape index (κ2) is 11.1. The molecular formula is C29H25F3N6O2. The Morgan fingerprint density at radius 1 is 0.950 bits per heavy atom. The van der Waals surface area contributed by atoms with E-state index >= 15 is 0 Å². The average Bonchev–Trinajstić information content (AvgIpc) is 3.60. The van der Waals surface area contributed by atoms with E-state index in [4.69, 9.17) is 0 Å². The maximum Gasteiger partial charge on any atom is 0.454 e. The molecule has 0 aliphatic carbocycles. The van der Waals surface area contributed by atoms with Gasteiger partial charge in [0.2, 0.25) is 5.82 Å². The topological polar surface area (TPSA) is 98.5 Å². The number of alkyl halides is 3. The summed E-state index contributed by atoms with van der Waals surface area (Å²) in [6.45, 7) is 2.23. The maximum absolute atomic E-state index is 13.6. The lowest BCUT2D eigenvalue weighted by atomic mass is 9.98. The van der Waals surface area contributed by atoms with Crippen molar-refractivity contribution in [2.24, 2.45) is 0 Å². The van der Waals surface area contributed by atoms with Gasteiger partial charge in [-0.1, -0.05) is 74.0 Å². The van der Waals surface area contributed by atoms with Crippen molar-refractivity contribution in [3.8, 4) is 28.2 Å². The van der Waals surface area contributed by atoms with Crippen molar-refractivity contribution in [3.63, 3.8) is 0 Å². The molecule has 0 aliphatic heterocycles. The van der Waals surface area contributed by atoms with Crippen molar-refractivity contribution in [1.82, 2.24) is 29.8 Å². The molecule has 0 saturated carbocycles. The number of hydrogen-bond acceptors (Lipinski definition) is 5. The summed E-state index contributed by atoms with van der Waals surface area (Å²) in [5.74, 6) is -1.52. The zero-order valence-corrected chi connectivity index (χ0v) is 21.5. The summed E-state index contributed by atoms with van der Waals surface area (Å²) in [6, 6.07) is 20.6. The number of H-pyrrole nitrogens is 1. The minimum atomic E-state index is -5.06. The van der Waals surface area contributed by atoms with Crippen LogP contribution in [0.3, 0.4) is 0 Å². The Morgan fingerprint density at radius 3 is 2.33 bits per heavy atom. The highest BCUT2D eigenvalue weighted by atomic mass is 19.4. The minimum absolute atomic E-state index is 0.0975. The number of aromatic amines is 1. The van der Waals surface area contributed by atoms with Gasteiger partial charge in [0.15, 0.2) is 0 Å². The van der Waals surface area contributed by atoms with E-state index in [9.17, 15) is 22.8 Å². The first-order valence-corrected chi connectivity index (χ1v) is 12.7. The highest BCUT2D eigenvalue weighted by molar-refractivity contribution is 6.03. The van der Waals surface area contributed by atoms with Gasteiger partial charge in [0.05, 0.1) is 17.8 Å². The molecule has 0 unspecified atom stereocenters. The molecule has 0 fully saturated rings. The van der Waals surface area contributed by atoms with Gasteiger partial charge in [-0.05, 0) is 46.9 Å². The number of rotatable bonds is 9. The molecular weight excluding hydrogens is 521 g/mol. The van der Waals surface area contributed by atoms with Gasteiger partial charge >= 0.3 is 11.9 Å². The number of unbranched alkanes of at least 4 members (excludes halogenated alkanes) is 1. The highest BCUT2D eigenvalue weighted by Gasteiger charge is 2.40. The van der Waals surface area contributed by atoms with E-state index in [-0.39, 0.29) is 12.2 Å². The summed E-state index contributed by atoms with van der Waals surface area (Å²) in [5.41, 5.74) is 2.96. The molecule has 0 spiro atoms. The molecule has 0 bridgehead atoms. The first kappa shape index (κ1) is 26.8. The number of aryl methyl sites for hydroxylation is 1. The van der Waals surface area contributed by atoms with Crippen molar-refractivity contribution in [3.05, 3.63) is 106 Å². The molecule has 0 atom stereocenters. The van der Waals surface area contributed by atoms with Gasteiger partial charge < -0.3 is 0 Å². The molecule has 0 radical (unpaired) electrons. The van der Waals surface area contributed by atoms with Crippen LogP contribution in [-0.2, 0) is 13.0 Å². The Bertz CT molecular complexity index is 1690. The number of aromatic nitrogens is 6. The quantitative estimate of drug-likeness (QED) is 0.242. The van der Waals surface area contributed by atoms with Crippen LogP contribution >= 0.6 is 0 Å². The van der Waals surface area contributed by atoms with Gasteiger partial charge in [-0.15, -0.1) is 10.2 Å². The van der Waals surface area contributed by atoms with Gasteiger partial charge in [-0.3, -0.25) is 13.9 Å². The third kappa shape index (κ3) is 5.35. The molecule has 5 aromatic rings. The number of benzene rings is 3. The fraction of sp³-hybridized carbons (Fsp3) is 0.207. The van der Waals surface area contributed by atoms with Crippen LogP contribution in [0.15, 0.2) is 83.8 Å². The molecule has 2 heterocycles. The number of carbonyl (C=O) groups is 1. The number of imidazole rings is 1. The summed E-state index contributed by atoms with van der Waals surface area (Å²) in [7, 11) is 0. The third-order valence-corrected chi connectivity index (χ3v) is 6.63. The standard InChI is InChI=1S/C29H25F3N6O2/c1-2-3-8-21-18-38(25-12-7-6-11-24(25)26(39)29(30,31)32)28(40)37(21)17-19-13-15-20(16-14-19)22-9-4-5-10-23(22)27-33-35-36-34-27/h4-7,9-16,18H,2-3,8,17H2,1H3,(H,33,34,35,36). The van der Waals surface area contributed by atoms with Crippen LogP contribution in [0, 0.1) is 0 Å². The van der Waals surface area contributed by atoms with Crippen LogP contribution in [0.25, 0.3) is 28.2 Å². The van der Waals surface area contributed by atoms with E-state index in [2.05, 4.69) is 20.6 Å². The van der Waals surface area contributed by atoms with Gasteiger partial charge in [0.1, 0.15) is 0 Å². The predicted octanol–water partition coefficient (Wildman–Crippen LogP) is 5.62. The predicted molar refractivity (Wildman–Crippen MR) is 143 cm³/mol. The number of para-hydroxylation sites is 1. The van der Waals surface area contributed by atoms with Crippen LogP contribution < -0.4 is 5.69 Å². The molecule has 204 valence electrons. The lowest BCUT2D eigenvalue weighted by Gasteiger charge is -2.11. The number of halogens is 3. The Balaban J connectivity index is 1.50. The maximum atomic E-state index is 13.6. The lowest BCUT2D eigenvalue weighted by molar-refractivity contribution is -0.0885. The molecule has 5 rings (SSSR count). The SMILES string of the molecule is CCCCc1cn(-c2ccccc2C(=O)C(F)(F)F)c(=O)n1Cc1ccc(-c2ccccc2-c2nn[nH]n2)cc1. The fourth-order valence-electron chi connectivity index (χ4n) is 4.63. The van der Waals surface area contributed by atoms with E-state index in [0.717, 1.165) is 45.7 Å². The second-order valence-electron chi connectivity index (χ2n) is 9.28. The zero-order valence-electron chi connectivity index (χ0n) is 21.5. The Labute approximate surface area is 227 Å². The van der Waals surface area contributed by atoms with E-state index in [1.54, 1.807) is 4.57 Å². The van der Waals surface area contributed by atoms with Gasteiger partial charge in [0, 0.05) is 17.5 Å². The van der Waals surface area contributed by atoms with Crippen LogP contribution in [0.2, 0.25) is 0 Å². The van der Waals surface area contributed by atoms with E-state index in [1.807, 2.05) is 55.5 Å². The summed E-state index contributed by atoms with van der Waals surface area (Å²) in [5, 5.41) is 14.3. The minimum Gasteiger partial charge on any atom is -0.292 e. The molecule has 3 aromatic carbocycles. The summed E-state index contributed by atoms with van der Waals surface area (Å²) in [6.07, 6.45) is -1.30. The molecule has 0 aliphatic rings. The number of nitrogens with zero attached hydrogens (tertiary/aromatic N) is 5. The Hall–Kier alpha value is -4.80. The van der Waals surface area contributed by atoms with Crippen molar-refractivity contribution >= 4 is 5.78 Å². The Morgan fingerprint density at radius 2 is 1.65 bits per heavy atom. The normalized spacial score (nSPS) is 11.6. The summed E-state index contributed by atoms with van der Waals surface area (Å²) in [4.78, 5) is 25.7. The number of ketones is 1. The Kier molecular flexibility index (Phi) is 7.45. The fourth-order valence-corrected chi connectivity index (χ4v) is 4.63. The van der Waals surface area contributed by atoms with Gasteiger partial charge in [0.25, 0.3) is 5.78 Å². The molecule has 11 heteroatoms. The molecule has 8 nitrogen and oxygen atoms in total. The zero-order chi connectivity index (χ0) is 28.3. The first-order chi connectivity index (χ1) is 19.3. The smallest absolute Gasteiger partial charge is 0.292 e. The third-order valence-electron chi connectivity index (χ3n) is 6.63. The van der Waals surface area contributed by atoms with Crippen molar-refractivity contribution in [2.75, 3.05) is 0 Å². The van der Waals surface area contributed by atoms with Crippen LogP contribution in [-0.4, -0.2) is 41.7 Å². The molecule has 2 aromatic heterocycles. The van der Waals surface area contributed by atoms with Crippen molar-refractivity contribution < 1.29 is 18.0 Å². The first-order valence-electron chi connectivity index (χ1n) is 12.7. The highest BCUT2D eigenvalue weighted by Crippen LogP contribution is 2.30. The largest absolute Gasteiger partial charge is 0.454 e. The number of tetrazole rings is 1. The van der Waals surface area contributed by atoms with Crippen molar-refractivity contribution in [2.45, 2.75) is 38.9 Å². The van der Waals surface area contributed by atoms with Crippen molar-refractivity contribution in [1.29, 1.82) is 0 Å². The number of Topliss-reactive ketones (excluding diaryl/α,β-unsaturated/α-hetero) is 1. The van der Waals surface area contributed by atoms with Crippen LogP contribution in [0.1, 0.15) is 41.4 Å². The molecule has 40 heavy (non-hydrogen) atoms. The summed E-state index contributed by atoms with van der Waals surface area (Å²) >= 11 is 0. The number of nitrogens with one attached hydrogen (secondary N) is 1. The van der Waals surface area contributed by atoms with E-state index in [1.165, 1.54) is 24.4 Å². The van der Waals surface area contributed by atoms with E-state index < -0.39 is 23.2 Å².